The molecule has 0 radical (unpaired) electrons. The molecule has 8 heteroatoms. The Kier molecular flexibility index (Phi) is 6.17. The number of anilines is 1. The van der Waals surface area contributed by atoms with E-state index in [9.17, 15) is 4.79 Å². The zero-order valence-electron chi connectivity index (χ0n) is 14.9. The fourth-order valence-corrected chi connectivity index (χ4v) is 3.42. The third kappa shape index (κ3) is 4.78. The Balaban J connectivity index is 1.50. The van der Waals surface area contributed by atoms with Crippen molar-refractivity contribution >= 4 is 32.6 Å². The van der Waals surface area contributed by atoms with Gasteiger partial charge in [-0.25, -0.2) is 4.98 Å². The minimum absolute atomic E-state index is 0.0672. The van der Waals surface area contributed by atoms with E-state index in [0.29, 0.717) is 36.9 Å². The molecule has 0 unspecified atom stereocenters. The maximum Gasteiger partial charge on any atom is 0.226 e. The van der Waals surface area contributed by atoms with Gasteiger partial charge in [0, 0.05) is 19.3 Å². The van der Waals surface area contributed by atoms with E-state index in [-0.39, 0.29) is 5.91 Å². The molecule has 0 saturated heterocycles. The molecule has 1 amide bonds. The van der Waals surface area contributed by atoms with Crippen molar-refractivity contribution in [3.05, 3.63) is 29.9 Å². The van der Waals surface area contributed by atoms with Crippen LogP contribution in [0.1, 0.15) is 44.8 Å². The standard InChI is InChI=1S/C18H22N4O3S/c1-3-6-15-20-17(25-22-15)8-5-7-16(23)21-18-19-13-10-9-12(24-4-2)11-14(13)26-18/h9-11H,3-8H2,1-2H3,(H,19,21,23). The fourth-order valence-electron chi connectivity index (χ4n) is 2.51. The van der Waals surface area contributed by atoms with Crippen LogP contribution in [0, 0.1) is 0 Å². The molecule has 138 valence electrons. The predicted octanol–water partition coefficient (Wildman–Crippen LogP) is 3.99. The van der Waals surface area contributed by atoms with Crippen molar-refractivity contribution in [2.75, 3.05) is 11.9 Å². The number of thiazole rings is 1. The minimum atomic E-state index is -0.0672. The number of nitrogens with zero attached hydrogens (tertiary/aromatic N) is 3. The van der Waals surface area contributed by atoms with Crippen LogP contribution in [0.15, 0.2) is 22.7 Å². The second-order valence-electron chi connectivity index (χ2n) is 5.84. The Labute approximate surface area is 155 Å². The molecule has 0 spiro atoms. The number of ether oxygens (including phenoxy) is 1. The van der Waals surface area contributed by atoms with Gasteiger partial charge in [-0.2, -0.15) is 4.98 Å². The van der Waals surface area contributed by atoms with Crippen molar-refractivity contribution in [1.29, 1.82) is 0 Å². The summed E-state index contributed by atoms with van der Waals surface area (Å²) in [6.07, 6.45) is 3.43. The molecular formula is C18H22N4O3S. The summed E-state index contributed by atoms with van der Waals surface area (Å²) in [7, 11) is 0. The van der Waals surface area contributed by atoms with Crippen LogP contribution in [0.3, 0.4) is 0 Å². The number of nitrogens with one attached hydrogen (secondary N) is 1. The smallest absolute Gasteiger partial charge is 0.226 e. The molecule has 0 saturated carbocycles. The number of hydrogen-bond acceptors (Lipinski definition) is 7. The summed E-state index contributed by atoms with van der Waals surface area (Å²) in [6.45, 7) is 4.63. The van der Waals surface area contributed by atoms with Gasteiger partial charge in [0.1, 0.15) is 5.75 Å². The highest BCUT2D eigenvalue weighted by atomic mass is 32.1. The molecule has 3 aromatic rings. The van der Waals surface area contributed by atoms with Crippen LogP contribution >= 0.6 is 11.3 Å². The minimum Gasteiger partial charge on any atom is -0.494 e. The highest BCUT2D eigenvalue weighted by molar-refractivity contribution is 7.22. The summed E-state index contributed by atoms with van der Waals surface area (Å²) < 4.78 is 11.6. The molecule has 1 aromatic carbocycles. The van der Waals surface area contributed by atoms with Crippen molar-refractivity contribution in [1.82, 2.24) is 15.1 Å². The second kappa shape index (κ2) is 8.75. The van der Waals surface area contributed by atoms with E-state index in [2.05, 4.69) is 27.4 Å². The number of carbonyl (C=O) groups is 1. The highest BCUT2D eigenvalue weighted by Gasteiger charge is 2.10. The quantitative estimate of drug-likeness (QED) is 0.609. The van der Waals surface area contributed by atoms with E-state index >= 15 is 0 Å². The molecule has 2 heterocycles. The first-order valence-corrected chi connectivity index (χ1v) is 9.64. The van der Waals surface area contributed by atoms with Gasteiger partial charge >= 0.3 is 0 Å². The van der Waals surface area contributed by atoms with Crippen LogP contribution in [0.25, 0.3) is 10.2 Å². The molecule has 0 bridgehead atoms. The predicted molar refractivity (Wildman–Crippen MR) is 101 cm³/mol. The van der Waals surface area contributed by atoms with Crippen LogP contribution in [-0.2, 0) is 17.6 Å². The van der Waals surface area contributed by atoms with Crippen LogP contribution < -0.4 is 10.1 Å². The molecule has 2 aromatic heterocycles. The zero-order valence-corrected chi connectivity index (χ0v) is 15.8. The van der Waals surface area contributed by atoms with E-state index in [4.69, 9.17) is 9.26 Å². The maximum absolute atomic E-state index is 12.1. The van der Waals surface area contributed by atoms with Crippen molar-refractivity contribution in [3.63, 3.8) is 0 Å². The fraction of sp³-hybridized carbons (Fsp3) is 0.444. The lowest BCUT2D eigenvalue weighted by molar-refractivity contribution is -0.116. The summed E-state index contributed by atoms with van der Waals surface area (Å²) in [4.78, 5) is 20.9. The van der Waals surface area contributed by atoms with Gasteiger partial charge < -0.3 is 14.6 Å². The topological polar surface area (TPSA) is 90.1 Å². The van der Waals surface area contributed by atoms with Crippen LogP contribution in [0.2, 0.25) is 0 Å². The van der Waals surface area contributed by atoms with Gasteiger partial charge in [-0.1, -0.05) is 23.4 Å². The highest BCUT2D eigenvalue weighted by Crippen LogP contribution is 2.29. The summed E-state index contributed by atoms with van der Waals surface area (Å²) in [5.74, 6) is 2.06. The summed E-state index contributed by atoms with van der Waals surface area (Å²) in [5, 5.41) is 7.37. The van der Waals surface area contributed by atoms with E-state index in [1.165, 1.54) is 11.3 Å². The van der Waals surface area contributed by atoms with Gasteiger partial charge in [0.2, 0.25) is 11.8 Å². The molecule has 3 rings (SSSR count). The first-order valence-electron chi connectivity index (χ1n) is 8.82. The van der Waals surface area contributed by atoms with Gasteiger partial charge in [-0.3, -0.25) is 4.79 Å². The average molecular weight is 374 g/mol. The number of aromatic nitrogens is 3. The second-order valence-corrected chi connectivity index (χ2v) is 6.87. The number of fused-ring (bicyclic) bond motifs is 1. The number of aryl methyl sites for hydroxylation is 2. The molecule has 0 aliphatic carbocycles. The van der Waals surface area contributed by atoms with E-state index in [1.807, 2.05) is 25.1 Å². The van der Waals surface area contributed by atoms with Gasteiger partial charge in [-0.15, -0.1) is 0 Å². The van der Waals surface area contributed by atoms with Gasteiger partial charge in [-0.05, 0) is 38.0 Å². The molecule has 0 aliphatic rings. The summed E-state index contributed by atoms with van der Waals surface area (Å²) >= 11 is 1.44. The van der Waals surface area contributed by atoms with Crippen LogP contribution in [-0.4, -0.2) is 27.6 Å². The van der Waals surface area contributed by atoms with E-state index in [1.54, 1.807) is 0 Å². The lowest BCUT2D eigenvalue weighted by Gasteiger charge is -2.00. The average Bonchev–Trinajstić information content (AvgIpc) is 3.21. The normalized spacial score (nSPS) is 11.0. The lowest BCUT2D eigenvalue weighted by Crippen LogP contribution is -2.11. The first kappa shape index (κ1) is 18.3. The number of hydrogen-bond donors (Lipinski definition) is 1. The Morgan fingerprint density at radius 1 is 1.27 bits per heavy atom. The molecule has 0 atom stereocenters. The first-order chi connectivity index (χ1) is 12.7. The molecule has 1 N–H and O–H groups in total. The summed E-state index contributed by atoms with van der Waals surface area (Å²) in [6, 6.07) is 5.72. The third-order valence-electron chi connectivity index (χ3n) is 3.70. The molecular weight excluding hydrogens is 352 g/mol. The Morgan fingerprint density at radius 3 is 2.96 bits per heavy atom. The molecule has 0 aliphatic heterocycles. The zero-order chi connectivity index (χ0) is 18.4. The van der Waals surface area contributed by atoms with Crippen molar-refractivity contribution in [3.8, 4) is 5.75 Å². The number of benzene rings is 1. The molecule has 7 nitrogen and oxygen atoms in total. The monoisotopic (exact) mass is 374 g/mol. The summed E-state index contributed by atoms with van der Waals surface area (Å²) in [5.41, 5.74) is 0.850. The lowest BCUT2D eigenvalue weighted by atomic mass is 10.2. The van der Waals surface area contributed by atoms with Gasteiger partial charge in [0.15, 0.2) is 11.0 Å². The number of rotatable bonds is 9. The van der Waals surface area contributed by atoms with Gasteiger partial charge in [0.25, 0.3) is 0 Å². The SMILES string of the molecule is CCCc1noc(CCCC(=O)Nc2nc3ccc(OCC)cc3s2)n1. The van der Waals surface area contributed by atoms with Crippen LogP contribution in [0.5, 0.6) is 5.75 Å². The number of amides is 1. The third-order valence-corrected chi connectivity index (χ3v) is 4.63. The largest absolute Gasteiger partial charge is 0.494 e. The van der Waals surface area contributed by atoms with Crippen molar-refractivity contribution in [2.24, 2.45) is 0 Å². The maximum atomic E-state index is 12.1. The Bertz CT molecular complexity index is 874. The van der Waals surface area contributed by atoms with E-state index in [0.717, 1.165) is 34.6 Å². The Hall–Kier alpha value is -2.48. The van der Waals surface area contributed by atoms with Gasteiger partial charge in [0.05, 0.1) is 16.8 Å². The molecule has 0 fully saturated rings. The van der Waals surface area contributed by atoms with Crippen molar-refractivity contribution < 1.29 is 14.1 Å². The van der Waals surface area contributed by atoms with Crippen molar-refractivity contribution in [2.45, 2.75) is 46.0 Å². The van der Waals surface area contributed by atoms with Crippen LogP contribution in [0.4, 0.5) is 5.13 Å². The Morgan fingerprint density at radius 2 is 2.15 bits per heavy atom. The number of carbonyl (C=O) groups excluding carboxylic acids is 1. The van der Waals surface area contributed by atoms with E-state index < -0.39 is 0 Å². The molecule has 26 heavy (non-hydrogen) atoms.